The lowest BCUT2D eigenvalue weighted by molar-refractivity contribution is 0.626. The van der Waals surface area contributed by atoms with Crippen LogP contribution in [0.25, 0.3) is 11.1 Å². The molecule has 2 rings (SSSR count). The van der Waals surface area contributed by atoms with Gasteiger partial charge in [-0.15, -0.1) is 0 Å². The lowest BCUT2D eigenvalue weighted by Gasteiger charge is -1.88. The van der Waals surface area contributed by atoms with Crippen molar-refractivity contribution in [1.82, 2.24) is 4.98 Å². The number of hydrogen-bond acceptors (Lipinski definition) is 4. The van der Waals surface area contributed by atoms with Crippen LogP contribution in [0, 0.1) is 11.8 Å². The Labute approximate surface area is 93.1 Å². The zero-order valence-electron chi connectivity index (χ0n) is 8.03. The van der Waals surface area contributed by atoms with E-state index in [0.29, 0.717) is 5.58 Å². The standard InChI is InChI=1S/C11H10N2OS/c12-11-13-9-7-8(3-1-2-6-15)4-5-10(9)14-11/h4-5,7,15H,2,6H2,(H2,12,13). The van der Waals surface area contributed by atoms with Gasteiger partial charge in [-0.1, -0.05) is 11.8 Å². The maximum atomic E-state index is 5.44. The maximum Gasteiger partial charge on any atom is 0.292 e. The molecule has 4 heteroatoms. The van der Waals surface area contributed by atoms with Crippen LogP contribution in [0.5, 0.6) is 0 Å². The topological polar surface area (TPSA) is 52.0 Å². The summed E-state index contributed by atoms with van der Waals surface area (Å²) >= 11 is 4.08. The minimum absolute atomic E-state index is 0.186. The van der Waals surface area contributed by atoms with Crippen molar-refractivity contribution < 1.29 is 4.42 Å². The van der Waals surface area contributed by atoms with Crippen LogP contribution in [0.2, 0.25) is 0 Å². The van der Waals surface area contributed by atoms with Gasteiger partial charge in [0.2, 0.25) is 0 Å². The van der Waals surface area contributed by atoms with E-state index in [1.807, 2.05) is 18.2 Å². The molecule has 0 atom stereocenters. The second kappa shape index (κ2) is 4.28. The Balaban J connectivity index is 2.35. The number of nitrogen functional groups attached to an aromatic ring is 1. The number of aromatic nitrogens is 1. The van der Waals surface area contributed by atoms with Gasteiger partial charge in [-0.2, -0.15) is 17.6 Å². The Hall–Kier alpha value is -1.60. The quantitative estimate of drug-likeness (QED) is 0.569. The van der Waals surface area contributed by atoms with Gasteiger partial charge in [0.05, 0.1) is 0 Å². The largest absolute Gasteiger partial charge is 0.424 e. The van der Waals surface area contributed by atoms with Gasteiger partial charge in [0.25, 0.3) is 6.01 Å². The smallest absolute Gasteiger partial charge is 0.292 e. The number of rotatable bonds is 1. The second-order valence-electron chi connectivity index (χ2n) is 3.01. The van der Waals surface area contributed by atoms with Gasteiger partial charge in [0.1, 0.15) is 5.52 Å². The Morgan fingerprint density at radius 1 is 1.47 bits per heavy atom. The van der Waals surface area contributed by atoms with Gasteiger partial charge in [-0.25, -0.2) is 0 Å². The lowest BCUT2D eigenvalue weighted by Crippen LogP contribution is -1.80. The number of thiol groups is 1. The van der Waals surface area contributed by atoms with Crippen LogP contribution in [0.15, 0.2) is 22.6 Å². The van der Waals surface area contributed by atoms with Crippen molar-refractivity contribution in [2.24, 2.45) is 0 Å². The number of oxazole rings is 1. The van der Waals surface area contributed by atoms with E-state index in [-0.39, 0.29) is 6.01 Å². The molecule has 3 nitrogen and oxygen atoms in total. The van der Waals surface area contributed by atoms with Crippen molar-refractivity contribution >= 4 is 29.7 Å². The summed E-state index contributed by atoms with van der Waals surface area (Å²) in [6, 6.07) is 5.76. The summed E-state index contributed by atoms with van der Waals surface area (Å²) in [7, 11) is 0. The summed E-state index contributed by atoms with van der Waals surface area (Å²) in [5.74, 6) is 6.80. The monoisotopic (exact) mass is 218 g/mol. The van der Waals surface area contributed by atoms with Gasteiger partial charge < -0.3 is 10.2 Å². The molecule has 76 valence electrons. The average Bonchev–Trinajstić information content (AvgIpc) is 2.57. The van der Waals surface area contributed by atoms with Crippen molar-refractivity contribution in [2.75, 3.05) is 11.5 Å². The van der Waals surface area contributed by atoms with Crippen LogP contribution in [0.1, 0.15) is 12.0 Å². The highest BCUT2D eigenvalue weighted by atomic mass is 32.1. The first-order chi connectivity index (χ1) is 7.29. The molecule has 15 heavy (non-hydrogen) atoms. The molecule has 2 N–H and O–H groups in total. The van der Waals surface area contributed by atoms with Crippen molar-refractivity contribution in [3.8, 4) is 11.8 Å². The van der Waals surface area contributed by atoms with Crippen molar-refractivity contribution in [1.29, 1.82) is 0 Å². The third-order valence-corrected chi connectivity index (χ3v) is 2.10. The number of anilines is 1. The molecule has 1 aromatic carbocycles. The summed E-state index contributed by atoms with van der Waals surface area (Å²) in [6.07, 6.45) is 0.780. The molecule has 0 bridgehead atoms. The maximum absolute atomic E-state index is 5.44. The van der Waals surface area contributed by atoms with E-state index in [1.54, 1.807) is 0 Å². The minimum Gasteiger partial charge on any atom is -0.424 e. The zero-order chi connectivity index (χ0) is 10.7. The van der Waals surface area contributed by atoms with Gasteiger partial charge in [0, 0.05) is 17.7 Å². The van der Waals surface area contributed by atoms with Crippen molar-refractivity contribution in [2.45, 2.75) is 6.42 Å². The molecule has 0 aliphatic rings. The van der Waals surface area contributed by atoms with E-state index in [2.05, 4.69) is 29.5 Å². The Kier molecular flexibility index (Phi) is 2.84. The van der Waals surface area contributed by atoms with Gasteiger partial charge in [0.15, 0.2) is 5.58 Å². The molecule has 0 spiro atoms. The summed E-state index contributed by atoms with van der Waals surface area (Å²) in [5.41, 5.74) is 7.78. The molecule has 0 fully saturated rings. The van der Waals surface area contributed by atoms with Crippen LogP contribution < -0.4 is 5.73 Å². The van der Waals surface area contributed by atoms with Gasteiger partial charge in [-0.3, -0.25) is 0 Å². The molecule has 1 aromatic heterocycles. The lowest BCUT2D eigenvalue weighted by atomic mass is 10.2. The molecule has 0 aliphatic carbocycles. The second-order valence-corrected chi connectivity index (χ2v) is 3.46. The normalized spacial score (nSPS) is 9.93. The number of hydrogen-bond donors (Lipinski definition) is 2. The van der Waals surface area contributed by atoms with E-state index < -0.39 is 0 Å². The Morgan fingerprint density at radius 3 is 3.13 bits per heavy atom. The fourth-order valence-corrected chi connectivity index (χ4v) is 1.36. The van der Waals surface area contributed by atoms with Crippen LogP contribution in [0.3, 0.4) is 0 Å². The molecule has 0 saturated carbocycles. The first-order valence-electron chi connectivity index (χ1n) is 4.55. The molecule has 0 aliphatic heterocycles. The fraction of sp³-hybridized carbons (Fsp3) is 0.182. The van der Waals surface area contributed by atoms with Gasteiger partial charge >= 0.3 is 0 Å². The molecule has 2 aromatic rings. The summed E-state index contributed by atoms with van der Waals surface area (Å²) in [6.45, 7) is 0. The third-order valence-electron chi connectivity index (χ3n) is 1.87. The van der Waals surface area contributed by atoms with Crippen LogP contribution in [0.4, 0.5) is 6.01 Å². The minimum atomic E-state index is 0.186. The van der Waals surface area contributed by atoms with Crippen LogP contribution >= 0.6 is 12.6 Å². The number of benzene rings is 1. The highest BCUT2D eigenvalue weighted by molar-refractivity contribution is 7.80. The Morgan fingerprint density at radius 2 is 2.33 bits per heavy atom. The van der Waals surface area contributed by atoms with E-state index in [0.717, 1.165) is 23.3 Å². The van der Waals surface area contributed by atoms with Crippen molar-refractivity contribution in [3.63, 3.8) is 0 Å². The predicted octanol–water partition coefficient (Wildman–Crippen LogP) is 2.08. The SMILES string of the molecule is Nc1nc2cc(C#CCCS)ccc2o1. The summed E-state index contributed by atoms with van der Waals surface area (Å²) in [5, 5.41) is 0. The predicted molar refractivity (Wildman–Crippen MR) is 63.8 cm³/mol. The first kappa shape index (κ1) is 9.94. The number of nitrogens with zero attached hydrogens (tertiary/aromatic N) is 1. The molecular weight excluding hydrogens is 208 g/mol. The van der Waals surface area contributed by atoms with Crippen LogP contribution in [-0.4, -0.2) is 10.7 Å². The van der Waals surface area contributed by atoms with E-state index >= 15 is 0 Å². The first-order valence-corrected chi connectivity index (χ1v) is 5.18. The third kappa shape index (κ3) is 2.25. The average molecular weight is 218 g/mol. The van der Waals surface area contributed by atoms with E-state index in [4.69, 9.17) is 10.2 Å². The molecule has 0 radical (unpaired) electrons. The molecule has 0 unspecified atom stereocenters. The van der Waals surface area contributed by atoms with E-state index in [9.17, 15) is 0 Å². The van der Waals surface area contributed by atoms with E-state index in [1.165, 1.54) is 0 Å². The number of fused-ring (bicyclic) bond motifs is 1. The highest BCUT2D eigenvalue weighted by Crippen LogP contribution is 2.17. The fourth-order valence-electron chi connectivity index (χ4n) is 1.24. The molecular formula is C11H10N2OS. The van der Waals surface area contributed by atoms with Gasteiger partial charge in [-0.05, 0) is 18.2 Å². The van der Waals surface area contributed by atoms with Crippen LogP contribution in [-0.2, 0) is 0 Å². The Bertz CT molecular complexity index is 536. The molecule has 1 heterocycles. The molecule has 0 amide bonds. The molecule has 0 saturated heterocycles. The summed E-state index contributed by atoms with van der Waals surface area (Å²) < 4.78 is 5.15. The van der Waals surface area contributed by atoms with Crippen molar-refractivity contribution in [3.05, 3.63) is 23.8 Å². The zero-order valence-corrected chi connectivity index (χ0v) is 8.92. The number of nitrogens with two attached hydrogens (primary N) is 1. The summed E-state index contributed by atoms with van der Waals surface area (Å²) in [4.78, 5) is 4.03. The highest BCUT2D eigenvalue weighted by Gasteiger charge is 2.01.